The molecule has 1 aromatic heterocycles. The van der Waals surface area contributed by atoms with Gasteiger partial charge in [-0.3, -0.25) is 19.7 Å². The number of rotatable bonds is 8. The third-order valence-corrected chi connectivity index (χ3v) is 4.47. The van der Waals surface area contributed by atoms with E-state index in [-0.39, 0.29) is 24.2 Å². The van der Waals surface area contributed by atoms with Gasteiger partial charge in [0.1, 0.15) is 5.69 Å². The number of hydrogen-bond acceptors (Lipinski definition) is 7. The number of hydrogen-bond donors (Lipinski definition) is 1. The average molecular weight is 423 g/mol. The minimum absolute atomic E-state index is 0.0308. The molecule has 3 rings (SSSR count). The molecule has 0 saturated carbocycles. The highest BCUT2D eigenvalue weighted by atomic mass is 16.6. The van der Waals surface area contributed by atoms with Crippen molar-refractivity contribution in [1.82, 2.24) is 4.98 Å². The fourth-order valence-electron chi connectivity index (χ4n) is 2.77. The Morgan fingerprint density at radius 3 is 2.61 bits per heavy atom. The zero-order chi connectivity index (χ0) is 22.4. The van der Waals surface area contributed by atoms with Gasteiger partial charge in [0, 0.05) is 18.1 Å². The molecule has 0 spiro atoms. The lowest BCUT2D eigenvalue weighted by molar-refractivity contribution is -0.383. The van der Waals surface area contributed by atoms with Crippen LogP contribution in [0.1, 0.15) is 24.8 Å². The van der Waals surface area contributed by atoms with Crippen LogP contribution in [0.2, 0.25) is 0 Å². The normalized spacial score (nSPS) is 11.5. The highest BCUT2D eigenvalue weighted by Crippen LogP contribution is 2.24. The van der Waals surface area contributed by atoms with E-state index in [0.29, 0.717) is 11.7 Å². The maximum atomic E-state index is 12.2. The van der Waals surface area contributed by atoms with Gasteiger partial charge in [-0.25, -0.2) is 4.98 Å². The summed E-state index contributed by atoms with van der Waals surface area (Å²) in [5.41, 5.74) is 1.80. The zero-order valence-corrected chi connectivity index (χ0v) is 17.0. The molecule has 3 aromatic rings. The number of nitrogens with zero attached hydrogens (tertiary/aromatic N) is 2. The number of anilines is 1. The molecule has 1 atom stereocenters. The molecule has 0 bridgehead atoms. The van der Waals surface area contributed by atoms with Crippen molar-refractivity contribution in [3.63, 3.8) is 0 Å². The summed E-state index contributed by atoms with van der Waals surface area (Å²) < 4.78 is 10.8. The molecular weight excluding hydrogens is 402 g/mol. The molecule has 1 amide bonds. The Morgan fingerprint density at radius 1 is 1.19 bits per heavy atom. The first-order valence-corrected chi connectivity index (χ1v) is 9.59. The molecule has 0 aliphatic carbocycles. The minimum atomic E-state index is -1.13. The Bertz CT molecular complexity index is 1090. The second-order valence-corrected chi connectivity index (χ2v) is 6.88. The van der Waals surface area contributed by atoms with Crippen LogP contribution in [0.25, 0.3) is 11.3 Å². The van der Waals surface area contributed by atoms with Crippen molar-refractivity contribution in [2.24, 2.45) is 0 Å². The average Bonchev–Trinajstić information content (AvgIpc) is 3.22. The molecule has 31 heavy (non-hydrogen) atoms. The van der Waals surface area contributed by atoms with Crippen molar-refractivity contribution in [2.45, 2.75) is 32.8 Å². The van der Waals surface area contributed by atoms with Crippen LogP contribution in [0, 0.1) is 17.0 Å². The van der Waals surface area contributed by atoms with Crippen LogP contribution in [0.3, 0.4) is 0 Å². The molecule has 1 unspecified atom stereocenters. The molecule has 160 valence electrons. The predicted octanol–water partition coefficient (Wildman–Crippen LogP) is 4.06. The van der Waals surface area contributed by atoms with Crippen molar-refractivity contribution >= 4 is 23.3 Å². The van der Waals surface area contributed by atoms with Crippen LogP contribution < -0.4 is 5.32 Å². The second-order valence-electron chi connectivity index (χ2n) is 6.88. The fraction of sp³-hybridized carbons (Fsp3) is 0.227. The molecular formula is C22H21N3O6. The zero-order valence-electron chi connectivity index (χ0n) is 17.0. The molecule has 2 aromatic carbocycles. The van der Waals surface area contributed by atoms with Crippen LogP contribution in [0.5, 0.6) is 0 Å². The summed E-state index contributed by atoms with van der Waals surface area (Å²) in [6, 6.07) is 13.5. The third kappa shape index (κ3) is 5.75. The standard InChI is InChI=1S/C22H21N3O6/c1-14-7-9-16(10-8-14)19-13-23-20(31-19)11-12-21(26)30-15(2)22(27)24-17-5-3-4-6-18(17)25(28)29/h3-10,13,15H,11-12H2,1-2H3,(H,24,27). The number of oxazole rings is 1. The van der Waals surface area contributed by atoms with Crippen molar-refractivity contribution in [3.8, 4) is 11.3 Å². The number of carbonyl (C=O) groups is 2. The van der Waals surface area contributed by atoms with Gasteiger partial charge in [-0.1, -0.05) is 42.0 Å². The van der Waals surface area contributed by atoms with E-state index in [1.807, 2.05) is 31.2 Å². The van der Waals surface area contributed by atoms with Crippen molar-refractivity contribution in [3.05, 3.63) is 76.3 Å². The summed E-state index contributed by atoms with van der Waals surface area (Å²) in [5, 5.41) is 13.4. The van der Waals surface area contributed by atoms with E-state index < -0.39 is 22.9 Å². The number of benzene rings is 2. The Kier molecular flexibility index (Phi) is 6.76. The van der Waals surface area contributed by atoms with Gasteiger partial charge in [0.2, 0.25) is 0 Å². The van der Waals surface area contributed by atoms with Gasteiger partial charge in [-0.15, -0.1) is 0 Å². The number of nitrogens with one attached hydrogen (secondary N) is 1. The van der Waals surface area contributed by atoms with E-state index in [2.05, 4.69) is 10.3 Å². The third-order valence-electron chi connectivity index (χ3n) is 4.47. The SMILES string of the molecule is Cc1ccc(-c2cnc(CCC(=O)OC(C)C(=O)Nc3ccccc3[N+](=O)[O-])o2)cc1. The summed E-state index contributed by atoms with van der Waals surface area (Å²) >= 11 is 0. The van der Waals surface area contributed by atoms with Crippen molar-refractivity contribution < 1.29 is 23.7 Å². The first-order valence-electron chi connectivity index (χ1n) is 9.59. The van der Waals surface area contributed by atoms with Crippen LogP contribution >= 0.6 is 0 Å². The second kappa shape index (κ2) is 9.66. The van der Waals surface area contributed by atoms with Gasteiger partial charge >= 0.3 is 5.97 Å². The van der Waals surface area contributed by atoms with E-state index >= 15 is 0 Å². The van der Waals surface area contributed by atoms with E-state index in [0.717, 1.165) is 11.1 Å². The lowest BCUT2D eigenvalue weighted by Gasteiger charge is -2.13. The molecule has 9 nitrogen and oxygen atoms in total. The lowest BCUT2D eigenvalue weighted by atomic mass is 10.1. The van der Waals surface area contributed by atoms with Crippen molar-refractivity contribution in [2.75, 3.05) is 5.32 Å². The fourth-order valence-corrected chi connectivity index (χ4v) is 2.77. The Labute approximate surface area is 178 Å². The molecule has 1 N–H and O–H groups in total. The molecule has 0 saturated heterocycles. The van der Waals surface area contributed by atoms with Gasteiger partial charge in [0.05, 0.1) is 17.5 Å². The minimum Gasteiger partial charge on any atom is -0.453 e. The van der Waals surface area contributed by atoms with Gasteiger partial charge < -0.3 is 14.5 Å². The number of nitro groups is 1. The number of esters is 1. The largest absolute Gasteiger partial charge is 0.453 e. The Morgan fingerprint density at radius 2 is 1.90 bits per heavy atom. The number of nitro benzene ring substituents is 1. The number of para-hydroxylation sites is 2. The predicted molar refractivity (Wildman–Crippen MR) is 112 cm³/mol. The van der Waals surface area contributed by atoms with E-state index in [1.165, 1.54) is 25.1 Å². The van der Waals surface area contributed by atoms with Crippen LogP contribution in [0.15, 0.2) is 59.1 Å². The number of aryl methyl sites for hydroxylation is 2. The smallest absolute Gasteiger partial charge is 0.307 e. The van der Waals surface area contributed by atoms with E-state index in [4.69, 9.17) is 9.15 Å². The van der Waals surface area contributed by atoms with E-state index in [9.17, 15) is 19.7 Å². The summed E-state index contributed by atoms with van der Waals surface area (Å²) in [6.45, 7) is 3.38. The monoisotopic (exact) mass is 423 g/mol. The van der Waals surface area contributed by atoms with Gasteiger partial charge in [0.15, 0.2) is 17.8 Å². The molecule has 9 heteroatoms. The van der Waals surface area contributed by atoms with Crippen LogP contribution in [-0.4, -0.2) is 27.9 Å². The first kappa shape index (κ1) is 21.7. The number of carbonyl (C=O) groups excluding carboxylic acids is 2. The first-order chi connectivity index (χ1) is 14.8. The maximum Gasteiger partial charge on any atom is 0.307 e. The lowest BCUT2D eigenvalue weighted by Crippen LogP contribution is -2.30. The summed E-state index contributed by atoms with van der Waals surface area (Å²) in [5.74, 6) is -0.300. The highest BCUT2D eigenvalue weighted by Gasteiger charge is 2.22. The number of amides is 1. The maximum absolute atomic E-state index is 12.2. The highest BCUT2D eigenvalue weighted by molar-refractivity contribution is 5.96. The van der Waals surface area contributed by atoms with Crippen LogP contribution in [0.4, 0.5) is 11.4 Å². The molecule has 0 radical (unpaired) electrons. The van der Waals surface area contributed by atoms with Crippen molar-refractivity contribution in [1.29, 1.82) is 0 Å². The van der Waals surface area contributed by atoms with Gasteiger partial charge in [-0.2, -0.15) is 0 Å². The summed E-state index contributed by atoms with van der Waals surface area (Å²) in [7, 11) is 0. The Hall–Kier alpha value is -4.01. The number of aromatic nitrogens is 1. The molecule has 0 aliphatic heterocycles. The molecule has 0 aliphatic rings. The summed E-state index contributed by atoms with van der Waals surface area (Å²) in [4.78, 5) is 38.9. The Balaban J connectivity index is 1.51. The molecule has 1 heterocycles. The van der Waals surface area contributed by atoms with Gasteiger partial charge in [0.25, 0.3) is 11.6 Å². The summed E-state index contributed by atoms with van der Waals surface area (Å²) in [6.07, 6.45) is 0.647. The van der Waals surface area contributed by atoms with Crippen LogP contribution in [-0.2, 0) is 20.7 Å². The number of ether oxygens (including phenoxy) is 1. The van der Waals surface area contributed by atoms with E-state index in [1.54, 1.807) is 12.3 Å². The van der Waals surface area contributed by atoms with Gasteiger partial charge in [-0.05, 0) is 19.9 Å². The topological polar surface area (TPSA) is 125 Å². The molecule has 0 fully saturated rings. The quantitative estimate of drug-likeness (QED) is 0.329.